The predicted octanol–water partition coefficient (Wildman–Crippen LogP) is -7.05. The number of amides is 10. The molecule has 0 fully saturated rings. The van der Waals surface area contributed by atoms with Crippen molar-refractivity contribution in [2.45, 2.75) is 167 Å². The van der Waals surface area contributed by atoms with Gasteiger partial charge in [-0.15, -0.1) is 0 Å². The maximum Gasteiger partial charge on any atom is 0.326 e. The van der Waals surface area contributed by atoms with E-state index in [1.807, 2.05) is 0 Å². The minimum absolute atomic E-state index is 0.0725. The first-order valence-corrected chi connectivity index (χ1v) is 24.9. The third-order valence-electron chi connectivity index (χ3n) is 11.9. The summed E-state index contributed by atoms with van der Waals surface area (Å²) in [6.07, 6.45) is 0.809. The zero-order valence-electron chi connectivity index (χ0n) is 44.6. The lowest BCUT2D eigenvalue weighted by atomic mass is 9.97. The number of carboxylic acids is 1. The third-order valence-corrected chi connectivity index (χ3v) is 11.9. The molecule has 0 spiro atoms. The molecule has 0 aromatic rings. The van der Waals surface area contributed by atoms with E-state index in [9.17, 15) is 68.1 Å². The van der Waals surface area contributed by atoms with Gasteiger partial charge in [-0.05, 0) is 72.1 Å². The Balaban J connectivity index is 5.90. The van der Waals surface area contributed by atoms with E-state index in [4.69, 9.17) is 28.0 Å². The number of aliphatic hydroxyl groups excluding tert-OH is 2. The number of rotatable bonds is 35. The molecule has 0 aliphatic rings. The first kappa shape index (κ1) is 68.6. The average Bonchev–Trinajstić information content (AvgIpc) is 3.35. The maximum absolute atomic E-state index is 13.6. The van der Waals surface area contributed by atoms with Crippen LogP contribution in [0.25, 0.3) is 0 Å². The van der Waals surface area contributed by atoms with Crippen molar-refractivity contribution >= 4 is 77.0 Å². The smallest absolute Gasteiger partial charge is 0.326 e. The average molecular weight is 1090 g/mol. The van der Waals surface area contributed by atoms with Gasteiger partial charge < -0.3 is 96.3 Å². The molecule has 10 amide bonds. The second-order valence-electron chi connectivity index (χ2n) is 18.4. The first-order valence-electron chi connectivity index (χ1n) is 24.9. The largest absolute Gasteiger partial charge is 0.480 e. The van der Waals surface area contributed by atoms with Crippen LogP contribution in [0.5, 0.6) is 0 Å². The molecular weight excluding hydrogens is 1000 g/mol. The van der Waals surface area contributed by atoms with E-state index in [0.717, 1.165) is 0 Å². The minimum Gasteiger partial charge on any atom is -0.480 e. The summed E-state index contributed by atoms with van der Waals surface area (Å²) in [6, 6.07) is -14.7. The molecule has 0 aliphatic heterocycles. The van der Waals surface area contributed by atoms with E-state index in [1.165, 1.54) is 34.6 Å². The highest BCUT2D eigenvalue weighted by Crippen LogP contribution is 2.11. The Hall–Kier alpha value is -7.41. The van der Waals surface area contributed by atoms with Crippen molar-refractivity contribution in [1.82, 2.24) is 63.8 Å². The van der Waals surface area contributed by atoms with E-state index in [0.29, 0.717) is 12.8 Å². The number of carbonyl (C=O) groups is 11. The molecule has 0 aromatic heterocycles. The van der Waals surface area contributed by atoms with Crippen molar-refractivity contribution in [3.05, 3.63) is 0 Å². The van der Waals surface area contributed by atoms with Gasteiger partial charge in [-0.25, -0.2) is 4.79 Å². The number of guanidine groups is 2. The highest BCUT2D eigenvalue weighted by atomic mass is 16.4. The van der Waals surface area contributed by atoms with Gasteiger partial charge in [0.2, 0.25) is 59.1 Å². The zero-order valence-corrected chi connectivity index (χ0v) is 44.6. The highest BCUT2D eigenvalue weighted by molar-refractivity contribution is 5.98. The Morgan fingerprint density at radius 3 is 1.03 bits per heavy atom. The summed E-state index contributed by atoms with van der Waals surface area (Å²) in [5, 5.41) is 73.4. The van der Waals surface area contributed by atoms with Gasteiger partial charge in [0.05, 0.1) is 19.3 Å². The van der Waals surface area contributed by atoms with Gasteiger partial charge in [-0.3, -0.25) is 58.8 Å². The molecule has 0 saturated heterocycles. The number of hydrogen-bond acceptors (Lipinski definition) is 16. The van der Waals surface area contributed by atoms with Crippen molar-refractivity contribution < 1.29 is 68.1 Å². The molecule has 13 atom stereocenters. The summed E-state index contributed by atoms with van der Waals surface area (Å²) in [6.45, 7) is 11.6. The predicted molar refractivity (Wildman–Crippen MR) is 275 cm³/mol. The van der Waals surface area contributed by atoms with Crippen LogP contribution in [-0.4, -0.2) is 185 Å². The Labute approximate surface area is 441 Å². The van der Waals surface area contributed by atoms with Crippen molar-refractivity contribution in [3.8, 4) is 0 Å². The molecule has 0 unspecified atom stereocenters. The van der Waals surface area contributed by atoms with E-state index in [-0.39, 0.29) is 50.7 Å². The van der Waals surface area contributed by atoms with Crippen LogP contribution in [0.1, 0.15) is 101 Å². The molecule has 0 bridgehead atoms. The van der Waals surface area contributed by atoms with Crippen LogP contribution >= 0.6 is 0 Å². The summed E-state index contributed by atoms with van der Waals surface area (Å²) in [4.78, 5) is 144. The second-order valence-corrected chi connectivity index (χ2v) is 18.4. The molecule has 0 aromatic carbocycles. The SMILES string of the molecule is CC[C@H](C)[C@H](NC(=O)[C@H](C)NC(=O)[C@H](C)NC(=O)[C@H](C)NC(=O)[C@H](CCCNC(=N)N)NC(=O)[C@H](CO)NC(=O)[C@@H](NC(=O)[C@H](C)NC(=O)[C@H](C)N)[C@@H](C)CC)C(=O)N[C@@H](CO)C(=O)N[C@@H](CCCNC(=N)N)C(=O)O. The van der Waals surface area contributed by atoms with Crippen LogP contribution in [0.3, 0.4) is 0 Å². The zero-order chi connectivity index (χ0) is 58.6. The van der Waals surface area contributed by atoms with E-state index < -0.39 is 157 Å². The molecular formula is C45H83N17O14. The summed E-state index contributed by atoms with van der Waals surface area (Å²) in [5.74, 6) is -11.9. The Morgan fingerprint density at radius 1 is 0.421 bits per heavy atom. The van der Waals surface area contributed by atoms with Crippen LogP contribution in [0, 0.1) is 22.7 Å². The van der Waals surface area contributed by atoms with Crippen LogP contribution in [0.4, 0.5) is 0 Å². The summed E-state index contributed by atoms with van der Waals surface area (Å²) < 4.78 is 0. The van der Waals surface area contributed by atoms with Crippen LogP contribution in [0.2, 0.25) is 0 Å². The van der Waals surface area contributed by atoms with Crippen molar-refractivity contribution in [3.63, 3.8) is 0 Å². The lowest BCUT2D eigenvalue weighted by molar-refractivity contribution is -0.143. The van der Waals surface area contributed by atoms with Gasteiger partial charge in [-0.1, -0.05) is 40.5 Å². The third kappa shape index (κ3) is 25.2. The molecule has 23 N–H and O–H groups in total. The number of carbonyl (C=O) groups excluding carboxylic acids is 10. The molecule has 0 rings (SSSR count). The Bertz CT molecular complexity index is 2030. The number of nitrogens with two attached hydrogens (primary N) is 3. The van der Waals surface area contributed by atoms with E-state index in [1.54, 1.807) is 27.7 Å². The van der Waals surface area contributed by atoms with Gasteiger partial charge in [0, 0.05) is 13.1 Å². The monoisotopic (exact) mass is 1090 g/mol. The van der Waals surface area contributed by atoms with Gasteiger partial charge in [0.1, 0.15) is 60.4 Å². The molecule has 0 aliphatic carbocycles. The fourth-order valence-electron chi connectivity index (χ4n) is 6.60. The summed E-state index contributed by atoms with van der Waals surface area (Å²) in [7, 11) is 0. The Kier molecular flexibility index (Phi) is 31.6. The number of aliphatic carboxylic acids is 1. The standard InChI is InChI=1S/C45H83N17O14/c1-10-20(3)31(61-36(68)25(8)53-33(65)22(5)46)41(73)59-29(18-63)39(71)57-27(14-12-16-51-44(47)48)38(70)56-24(7)35(67)54-23(6)34(66)55-26(9)37(69)62-32(21(4)11-2)42(74)60-30(19-64)40(72)58-28(43(75)76)15-13-17-52-45(49)50/h20-32,63-64H,10-19,46H2,1-9H3,(H,53,65)(H,54,67)(H,55,66)(H,56,70)(H,57,71)(H,58,72)(H,59,73)(H,60,74)(H,61,68)(H,62,69)(H,75,76)(H4,47,48,51)(H4,49,50,52)/t20-,21-,22-,23-,24-,25-,26-,27-,28-,29-,30-,31-,32-/m0/s1. The number of nitrogens with one attached hydrogen (secondary N) is 14. The van der Waals surface area contributed by atoms with E-state index in [2.05, 4.69) is 63.8 Å². The maximum atomic E-state index is 13.6. The molecule has 31 heteroatoms. The first-order chi connectivity index (χ1) is 35.4. The molecule has 0 radical (unpaired) electrons. The quantitative estimate of drug-likeness (QED) is 0.0159. The topological polar surface area (TPSA) is 519 Å². The van der Waals surface area contributed by atoms with Crippen molar-refractivity contribution in [2.24, 2.45) is 29.0 Å². The molecule has 432 valence electrons. The van der Waals surface area contributed by atoms with Crippen LogP contribution in [-0.2, 0) is 52.7 Å². The van der Waals surface area contributed by atoms with Gasteiger partial charge in [-0.2, -0.15) is 0 Å². The minimum atomic E-state index is -1.66. The van der Waals surface area contributed by atoms with Gasteiger partial charge in [0.25, 0.3) is 0 Å². The second kappa shape index (κ2) is 35.0. The van der Waals surface area contributed by atoms with E-state index >= 15 is 0 Å². The normalized spacial score (nSPS) is 16.1. The summed E-state index contributed by atoms with van der Waals surface area (Å²) >= 11 is 0. The van der Waals surface area contributed by atoms with Gasteiger partial charge in [0.15, 0.2) is 11.9 Å². The molecule has 0 heterocycles. The summed E-state index contributed by atoms with van der Waals surface area (Å²) in [5.41, 5.74) is 16.1. The number of carboxylic acid groups (broad SMARTS) is 1. The molecule has 0 saturated carbocycles. The fourth-order valence-corrected chi connectivity index (χ4v) is 6.60. The number of aliphatic hydroxyl groups is 2. The lowest BCUT2D eigenvalue weighted by Crippen LogP contribution is -2.61. The fraction of sp³-hybridized carbons (Fsp3) is 0.711. The van der Waals surface area contributed by atoms with Crippen molar-refractivity contribution in [1.29, 1.82) is 10.8 Å². The van der Waals surface area contributed by atoms with Crippen LogP contribution in [0.15, 0.2) is 0 Å². The molecule has 31 nitrogen and oxygen atoms in total. The number of hydrogen-bond donors (Lipinski definition) is 20. The van der Waals surface area contributed by atoms with Crippen LogP contribution < -0.4 is 81.0 Å². The molecule has 76 heavy (non-hydrogen) atoms. The lowest BCUT2D eigenvalue weighted by Gasteiger charge is -2.28. The van der Waals surface area contributed by atoms with Gasteiger partial charge >= 0.3 is 5.97 Å². The van der Waals surface area contributed by atoms with Crippen molar-refractivity contribution in [2.75, 3.05) is 26.3 Å². The Morgan fingerprint density at radius 2 is 0.711 bits per heavy atom. The highest BCUT2D eigenvalue weighted by Gasteiger charge is 2.35.